The van der Waals surface area contributed by atoms with Gasteiger partial charge < -0.3 is 14.6 Å². The van der Waals surface area contributed by atoms with E-state index in [1.165, 1.54) is 44.9 Å². The fourth-order valence-corrected chi connectivity index (χ4v) is 1.06. The molecule has 0 aromatic carbocycles. The van der Waals surface area contributed by atoms with Gasteiger partial charge in [0.2, 0.25) is 0 Å². The third-order valence-corrected chi connectivity index (χ3v) is 1.83. The molecule has 0 aliphatic carbocycles. The smallest absolute Gasteiger partial charge is 0.456 e. The maximum atomic E-state index is 7.53. The molecule has 0 rings (SSSR count). The average molecular weight is 200 g/mol. The van der Waals surface area contributed by atoms with E-state index < -0.39 is 0 Å². The summed E-state index contributed by atoms with van der Waals surface area (Å²) in [7, 11) is 0.750. The number of unbranched alkanes of at least 4 members (excludes halogenated alkanes) is 6. The molecular formula is C9H22B2O3. The second-order valence-electron chi connectivity index (χ2n) is 3.11. The van der Waals surface area contributed by atoms with Crippen molar-refractivity contribution >= 4 is 15.4 Å². The zero-order chi connectivity index (χ0) is 11.1. The Bertz CT molecular complexity index is 76.5. The van der Waals surface area contributed by atoms with E-state index >= 15 is 0 Å². The molecule has 0 spiro atoms. The molecule has 0 saturated carbocycles. The Balaban J connectivity index is 0. The first-order valence-corrected chi connectivity index (χ1v) is 5.40. The van der Waals surface area contributed by atoms with Gasteiger partial charge in [-0.2, -0.15) is 0 Å². The molecule has 3 nitrogen and oxygen atoms in total. The van der Waals surface area contributed by atoms with E-state index in [1.54, 1.807) is 0 Å². The Kier molecular flexibility index (Phi) is 22.0. The van der Waals surface area contributed by atoms with Crippen LogP contribution >= 0.6 is 0 Å². The Labute approximate surface area is 89.5 Å². The monoisotopic (exact) mass is 200 g/mol. The van der Waals surface area contributed by atoms with Crippen LogP contribution in [0.25, 0.3) is 0 Å². The lowest BCUT2D eigenvalue weighted by Crippen LogP contribution is -2.00. The van der Waals surface area contributed by atoms with Gasteiger partial charge in [-0.25, -0.2) is 0 Å². The van der Waals surface area contributed by atoms with Crippen molar-refractivity contribution in [1.29, 1.82) is 0 Å². The van der Waals surface area contributed by atoms with Gasteiger partial charge in [-0.3, -0.25) is 0 Å². The molecule has 0 heterocycles. The molecule has 0 aliphatic rings. The molecule has 14 heavy (non-hydrogen) atoms. The standard InChI is InChI=1S/C9H20.B2H2O3/c1-3-5-7-9-8-6-4-2;3-1-5-2-4/h3-9H2,1-2H3;3-4H. The summed E-state index contributed by atoms with van der Waals surface area (Å²) < 4.78 is 3.69. The lowest BCUT2D eigenvalue weighted by Gasteiger charge is -1.96. The van der Waals surface area contributed by atoms with E-state index in [0.29, 0.717) is 15.4 Å². The van der Waals surface area contributed by atoms with Crippen LogP contribution < -0.4 is 0 Å². The van der Waals surface area contributed by atoms with Gasteiger partial charge in [0.1, 0.15) is 0 Å². The van der Waals surface area contributed by atoms with E-state index in [-0.39, 0.29) is 0 Å². The summed E-state index contributed by atoms with van der Waals surface area (Å²) in [6.07, 6.45) is 9.97. The van der Waals surface area contributed by atoms with E-state index in [1.807, 2.05) is 0 Å². The molecule has 2 radical (unpaired) electrons. The van der Waals surface area contributed by atoms with Gasteiger partial charge in [0.05, 0.1) is 0 Å². The van der Waals surface area contributed by atoms with Gasteiger partial charge >= 0.3 is 15.4 Å². The number of rotatable bonds is 8. The summed E-state index contributed by atoms with van der Waals surface area (Å²) in [5, 5.41) is 15.1. The van der Waals surface area contributed by atoms with Crippen LogP contribution in [0.2, 0.25) is 0 Å². The van der Waals surface area contributed by atoms with Crippen molar-refractivity contribution in [2.45, 2.75) is 58.8 Å². The largest absolute Gasteiger partial charge is 0.469 e. The highest BCUT2D eigenvalue weighted by Crippen LogP contribution is 2.05. The molecule has 0 aromatic heterocycles. The third kappa shape index (κ3) is 22.7. The van der Waals surface area contributed by atoms with E-state index in [9.17, 15) is 0 Å². The van der Waals surface area contributed by atoms with Crippen LogP contribution in [0.15, 0.2) is 0 Å². The lowest BCUT2D eigenvalue weighted by molar-refractivity contribution is 0.408. The summed E-state index contributed by atoms with van der Waals surface area (Å²) in [6.45, 7) is 4.53. The molecule has 82 valence electrons. The van der Waals surface area contributed by atoms with Gasteiger partial charge in [-0.15, -0.1) is 0 Å². The fraction of sp³-hybridized carbons (Fsp3) is 1.00. The van der Waals surface area contributed by atoms with Crippen LogP contribution in [0.4, 0.5) is 0 Å². The van der Waals surface area contributed by atoms with Crippen LogP contribution in [-0.4, -0.2) is 25.4 Å². The maximum absolute atomic E-state index is 7.53. The molecule has 0 aromatic rings. The highest BCUT2D eigenvalue weighted by molar-refractivity contribution is 6.32. The van der Waals surface area contributed by atoms with E-state index in [2.05, 4.69) is 18.4 Å². The molecule has 0 saturated heterocycles. The van der Waals surface area contributed by atoms with Gasteiger partial charge in [0, 0.05) is 0 Å². The average Bonchev–Trinajstić information content (AvgIpc) is 2.20. The van der Waals surface area contributed by atoms with Crippen LogP contribution in [0.3, 0.4) is 0 Å². The first-order chi connectivity index (χ1) is 6.83. The molecule has 0 unspecified atom stereocenters. The SMILES string of the molecule is CCCCCCCCC.O[B]O[B]O. The van der Waals surface area contributed by atoms with E-state index in [0.717, 1.165) is 0 Å². The Morgan fingerprint density at radius 3 is 1.36 bits per heavy atom. The fourth-order valence-electron chi connectivity index (χ4n) is 1.06. The van der Waals surface area contributed by atoms with Crippen molar-refractivity contribution in [3.63, 3.8) is 0 Å². The van der Waals surface area contributed by atoms with Gasteiger partial charge in [-0.05, 0) is 0 Å². The van der Waals surface area contributed by atoms with Crippen molar-refractivity contribution in [1.82, 2.24) is 0 Å². The predicted octanol–water partition coefficient (Wildman–Crippen LogP) is 1.81. The zero-order valence-corrected chi connectivity index (χ0v) is 9.41. The summed E-state index contributed by atoms with van der Waals surface area (Å²) in [5.74, 6) is 0. The van der Waals surface area contributed by atoms with Gasteiger partial charge in [0.25, 0.3) is 0 Å². The number of hydrogen-bond acceptors (Lipinski definition) is 3. The second kappa shape index (κ2) is 18.7. The minimum Gasteiger partial charge on any atom is -0.456 e. The zero-order valence-electron chi connectivity index (χ0n) is 9.41. The minimum absolute atomic E-state index is 0.375. The first kappa shape index (κ1) is 16.4. The minimum atomic E-state index is 0.375. The molecular weight excluding hydrogens is 178 g/mol. The van der Waals surface area contributed by atoms with Crippen molar-refractivity contribution in [3.8, 4) is 0 Å². The van der Waals surface area contributed by atoms with Crippen molar-refractivity contribution in [3.05, 3.63) is 0 Å². The summed E-state index contributed by atoms with van der Waals surface area (Å²) in [4.78, 5) is 0. The lowest BCUT2D eigenvalue weighted by atomic mass is 10.1. The molecule has 2 N–H and O–H groups in total. The van der Waals surface area contributed by atoms with Crippen LogP contribution in [0.1, 0.15) is 58.8 Å². The molecule has 0 bridgehead atoms. The highest BCUT2D eigenvalue weighted by atomic mass is 16.5. The predicted molar refractivity (Wildman–Crippen MR) is 60.7 cm³/mol. The molecule has 0 aliphatic heterocycles. The van der Waals surface area contributed by atoms with Crippen molar-refractivity contribution < 1.29 is 14.6 Å². The quantitative estimate of drug-likeness (QED) is 0.463. The Morgan fingerprint density at radius 2 is 1.14 bits per heavy atom. The molecule has 0 atom stereocenters. The topological polar surface area (TPSA) is 49.7 Å². The summed E-state index contributed by atoms with van der Waals surface area (Å²) in [5.41, 5.74) is 0. The number of hydrogen-bond donors (Lipinski definition) is 2. The molecule has 5 heteroatoms. The normalized spacial score (nSPS) is 8.86. The maximum Gasteiger partial charge on any atom is 0.469 e. The highest BCUT2D eigenvalue weighted by Gasteiger charge is 1.85. The second-order valence-corrected chi connectivity index (χ2v) is 3.11. The van der Waals surface area contributed by atoms with Crippen molar-refractivity contribution in [2.24, 2.45) is 0 Å². The summed E-state index contributed by atoms with van der Waals surface area (Å²) in [6, 6.07) is 0. The third-order valence-electron chi connectivity index (χ3n) is 1.83. The van der Waals surface area contributed by atoms with Crippen LogP contribution in [0, 0.1) is 0 Å². The Hall–Kier alpha value is 0.00987. The van der Waals surface area contributed by atoms with Gasteiger partial charge in [0.15, 0.2) is 0 Å². The first-order valence-electron chi connectivity index (χ1n) is 5.40. The Morgan fingerprint density at radius 1 is 0.786 bits per heavy atom. The van der Waals surface area contributed by atoms with Crippen LogP contribution in [0.5, 0.6) is 0 Å². The van der Waals surface area contributed by atoms with E-state index in [4.69, 9.17) is 10.0 Å². The van der Waals surface area contributed by atoms with Gasteiger partial charge in [-0.1, -0.05) is 58.8 Å². The molecule has 0 fully saturated rings. The summed E-state index contributed by atoms with van der Waals surface area (Å²) >= 11 is 0. The molecule has 0 amide bonds. The van der Waals surface area contributed by atoms with Crippen molar-refractivity contribution in [2.75, 3.05) is 0 Å². The van der Waals surface area contributed by atoms with Crippen LogP contribution in [-0.2, 0) is 4.57 Å².